The van der Waals surface area contributed by atoms with E-state index in [1.165, 1.54) is 6.42 Å². The summed E-state index contributed by atoms with van der Waals surface area (Å²) in [7, 11) is 0. The van der Waals surface area contributed by atoms with Crippen LogP contribution in [0.4, 0.5) is 0 Å². The lowest BCUT2D eigenvalue weighted by Crippen LogP contribution is -2.49. The highest BCUT2D eigenvalue weighted by atomic mass is 16.5. The third-order valence-corrected chi connectivity index (χ3v) is 5.27. The Kier molecular flexibility index (Phi) is 4.11. The highest BCUT2D eigenvalue weighted by Crippen LogP contribution is 2.45. The van der Waals surface area contributed by atoms with Crippen LogP contribution in [0.1, 0.15) is 54.1 Å². The summed E-state index contributed by atoms with van der Waals surface area (Å²) in [6.07, 6.45) is 5.33. The summed E-state index contributed by atoms with van der Waals surface area (Å²) in [4.78, 5) is 15.1. The number of hydrogen-bond donors (Lipinski definition) is 0. The van der Waals surface area contributed by atoms with Gasteiger partial charge in [0.1, 0.15) is 11.8 Å². The Morgan fingerprint density at radius 1 is 0.917 bits per heavy atom. The summed E-state index contributed by atoms with van der Waals surface area (Å²) < 4.78 is 6.54. The Morgan fingerprint density at radius 2 is 1.54 bits per heavy atom. The molecule has 1 heterocycles. The zero-order valence-corrected chi connectivity index (χ0v) is 13.9. The van der Waals surface area contributed by atoms with Crippen molar-refractivity contribution in [3.63, 3.8) is 0 Å². The van der Waals surface area contributed by atoms with Crippen LogP contribution in [0.2, 0.25) is 0 Å². The molecule has 24 heavy (non-hydrogen) atoms. The smallest absolute Gasteiger partial charge is 0.256 e. The fourth-order valence-electron chi connectivity index (χ4n) is 4.04. The van der Waals surface area contributed by atoms with Crippen LogP contribution in [0.25, 0.3) is 0 Å². The lowest BCUT2D eigenvalue weighted by atomic mass is 9.90. The van der Waals surface area contributed by atoms with Gasteiger partial charge in [-0.25, -0.2) is 0 Å². The van der Waals surface area contributed by atoms with E-state index in [9.17, 15) is 4.79 Å². The second kappa shape index (κ2) is 6.40. The summed E-state index contributed by atoms with van der Waals surface area (Å²) >= 11 is 0. The van der Waals surface area contributed by atoms with E-state index in [2.05, 4.69) is 12.1 Å². The summed E-state index contributed by atoms with van der Waals surface area (Å²) in [6, 6.07) is 19.9. The topological polar surface area (TPSA) is 29.5 Å². The molecule has 1 aliphatic heterocycles. The van der Waals surface area contributed by atoms with Gasteiger partial charge in [-0.1, -0.05) is 55.0 Å². The van der Waals surface area contributed by atoms with E-state index in [4.69, 9.17) is 4.74 Å². The van der Waals surface area contributed by atoms with E-state index < -0.39 is 5.72 Å². The number of carbonyl (C=O) groups is 1. The van der Waals surface area contributed by atoms with Gasteiger partial charge in [-0.05, 0) is 43.4 Å². The van der Waals surface area contributed by atoms with E-state index in [1.54, 1.807) is 0 Å². The van der Waals surface area contributed by atoms with Crippen molar-refractivity contribution < 1.29 is 9.53 Å². The van der Waals surface area contributed by atoms with Gasteiger partial charge in [-0.3, -0.25) is 4.79 Å². The largest absolute Gasteiger partial charge is 0.346 e. The molecule has 1 aliphatic carbocycles. The fourth-order valence-corrected chi connectivity index (χ4v) is 4.04. The van der Waals surface area contributed by atoms with E-state index >= 15 is 0 Å². The number of nitrogens with zero attached hydrogens (tertiary/aromatic N) is 1. The van der Waals surface area contributed by atoms with E-state index in [0.717, 1.165) is 36.8 Å². The van der Waals surface area contributed by atoms with Gasteiger partial charge in [-0.15, -0.1) is 0 Å². The summed E-state index contributed by atoms with van der Waals surface area (Å²) in [5, 5.41) is 0. The summed E-state index contributed by atoms with van der Waals surface area (Å²) in [5.74, 6) is 0.0935. The van der Waals surface area contributed by atoms with Gasteiger partial charge >= 0.3 is 0 Å². The molecule has 1 unspecified atom stereocenters. The van der Waals surface area contributed by atoms with Gasteiger partial charge in [0.25, 0.3) is 5.91 Å². The number of hydrogen-bond acceptors (Lipinski definition) is 2. The predicted octanol–water partition coefficient (Wildman–Crippen LogP) is 4.56. The van der Waals surface area contributed by atoms with Crippen molar-refractivity contribution in [2.24, 2.45) is 0 Å². The van der Waals surface area contributed by atoms with E-state index in [1.807, 2.05) is 53.4 Å². The minimum absolute atomic E-state index is 0.0306. The maximum atomic E-state index is 13.1. The van der Waals surface area contributed by atoms with Crippen molar-refractivity contribution >= 4 is 5.91 Å². The summed E-state index contributed by atoms with van der Waals surface area (Å²) in [6.45, 7) is 0.637. The molecule has 4 rings (SSSR count). The number of benzene rings is 2. The first kappa shape index (κ1) is 15.4. The SMILES string of the molecule is O=C(c1ccccc1)N1CC(c2ccccc2)OC12CCCCC2. The van der Waals surface area contributed by atoms with Crippen LogP contribution < -0.4 is 0 Å². The molecule has 1 saturated carbocycles. The Bertz CT molecular complexity index is 692. The lowest BCUT2D eigenvalue weighted by molar-refractivity contribution is -0.115. The summed E-state index contributed by atoms with van der Waals surface area (Å²) in [5.41, 5.74) is 1.48. The number of rotatable bonds is 2. The number of amides is 1. The van der Waals surface area contributed by atoms with Crippen LogP contribution in [0.5, 0.6) is 0 Å². The molecule has 2 aromatic carbocycles. The molecule has 1 saturated heterocycles. The van der Waals surface area contributed by atoms with Crippen molar-refractivity contribution in [1.82, 2.24) is 4.90 Å². The van der Waals surface area contributed by atoms with Gasteiger partial charge in [0.2, 0.25) is 0 Å². The normalized spacial score (nSPS) is 22.7. The van der Waals surface area contributed by atoms with Crippen LogP contribution in [0.3, 0.4) is 0 Å². The Morgan fingerprint density at radius 3 is 2.21 bits per heavy atom. The van der Waals surface area contributed by atoms with Gasteiger partial charge in [-0.2, -0.15) is 0 Å². The first-order valence-electron chi connectivity index (χ1n) is 8.88. The van der Waals surface area contributed by atoms with Crippen molar-refractivity contribution in [2.75, 3.05) is 6.54 Å². The highest BCUT2D eigenvalue weighted by molar-refractivity contribution is 5.94. The fraction of sp³-hybridized carbons (Fsp3) is 0.381. The van der Waals surface area contributed by atoms with Crippen LogP contribution >= 0.6 is 0 Å². The average molecular weight is 321 g/mol. The van der Waals surface area contributed by atoms with Gasteiger partial charge in [0.05, 0.1) is 6.54 Å². The van der Waals surface area contributed by atoms with Crippen LogP contribution in [-0.4, -0.2) is 23.1 Å². The zero-order valence-electron chi connectivity index (χ0n) is 13.9. The first-order chi connectivity index (χ1) is 11.8. The Labute approximate surface area is 143 Å². The lowest BCUT2D eigenvalue weighted by Gasteiger charge is -2.40. The predicted molar refractivity (Wildman–Crippen MR) is 93.6 cm³/mol. The zero-order chi connectivity index (χ0) is 16.4. The molecule has 124 valence electrons. The number of carbonyl (C=O) groups excluding carboxylic acids is 1. The molecule has 0 radical (unpaired) electrons. The van der Waals surface area contributed by atoms with Crippen LogP contribution in [0.15, 0.2) is 60.7 Å². The molecule has 2 aromatic rings. The standard InChI is InChI=1S/C21H23NO2/c23-20(18-12-6-2-7-13-18)22-16-19(17-10-4-1-5-11-17)24-21(22)14-8-3-9-15-21/h1-2,4-7,10-13,19H,3,8-9,14-16H2. The molecule has 2 fully saturated rings. The Balaban J connectivity index is 1.66. The second-order valence-corrected chi connectivity index (χ2v) is 6.81. The molecular formula is C21H23NO2. The quantitative estimate of drug-likeness (QED) is 0.811. The van der Waals surface area contributed by atoms with Crippen molar-refractivity contribution in [1.29, 1.82) is 0 Å². The van der Waals surface area contributed by atoms with Gasteiger partial charge < -0.3 is 9.64 Å². The molecule has 3 heteroatoms. The third-order valence-electron chi connectivity index (χ3n) is 5.27. The van der Waals surface area contributed by atoms with Crippen molar-refractivity contribution in [3.05, 3.63) is 71.8 Å². The molecule has 1 spiro atoms. The van der Waals surface area contributed by atoms with Gasteiger partial charge in [0.15, 0.2) is 0 Å². The van der Waals surface area contributed by atoms with Crippen molar-refractivity contribution in [2.45, 2.75) is 43.9 Å². The third kappa shape index (κ3) is 2.73. The molecule has 0 N–H and O–H groups in total. The average Bonchev–Trinajstić information content (AvgIpc) is 3.02. The van der Waals surface area contributed by atoms with E-state index in [0.29, 0.717) is 6.54 Å². The molecule has 0 aromatic heterocycles. The molecule has 1 atom stereocenters. The molecule has 0 bridgehead atoms. The maximum absolute atomic E-state index is 13.1. The minimum atomic E-state index is -0.425. The monoisotopic (exact) mass is 321 g/mol. The van der Waals surface area contributed by atoms with E-state index in [-0.39, 0.29) is 12.0 Å². The number of ether oxygens (including phenoxy) is 1. The highest BCUT2D eigenvalue weighted by Gasteiger charge is 2.49. The second-order valence-electron chi connectivity index (χ2n) is 6.81. The molecule has 2 aliphatic rings. The maximum Gasteiger partial charge on any atom is 0.256 e. The minimum Gasteiger partial charge on any atom is -0.346 e. The Hall–Kier alpha value is -2.13. The van der Waals surface area contributed by atoms with Crippen LogP contribution in [0, 0.1) is 0 Å². The van der Waals surface area contributed by atoms with Crippen molar-refractivity contribution in [3.8, 4) is 0 Å². The van der Waals surface area contributed by atoms with Gasteiger partial charge in [0, 0.05) is 5.56 Å². The molecular weight excluding hydrogens is 298 g/mol. The molecule has 3 nitrogen and oxygen atoms in total. The first-order valence-corrected chi connectivity index (χ1v) is 8.88. The van der Waals surface area contributed by atoms with Crippen LogP contribution in [-0.2, 0) is 4.74 Å². The molecule has 1 amide bonds.